The van der Waals surface area contributed by atoms with Crippen molar-refractivity contribution < 1.29 is 18.7 Å². The molecule has 2 N–H and O–H groups in total. The molecule has 25 heavy (non-hydrogen) atoms. The molecule has 4 rings (SSSR count). The van der Waals surface area contributed by atoms with E-state index >= 15 is 0 Å². The van der Waals surface area contributed by atoms with Crippen molar-refractivity contribution in [3.63, 3.8) is 0 Å². The lowest BCUT2D eigenvalue weighted by Gasteiger charge is -2.37. The van der Waals surface area contributed by atoms with E-state index in [9.17, 15) is 9.59 Å². The van der Waals surface area contributed by atoms with Crippen molar-refractivity contribution in [2.45, 2.75) is 29.4 Å². The molecule has 9 nitrogen and oxygen atoms in total. The number of ether oxygens (including phenoxy) is 1. The van der Waals surface area contributed by atoms with Crippen molar-refractivity contribution >= 4 is 23.8 Å². The van der Waals surface area contributed by atoms with E-state index in [0.29, 0.717) is 42.1 Å². The molecule has 132 valence electrons. The summed E-state index contributed by atoms with van der Waals surface area (Å²) in [6, 6.07) is 3.46. The maximum Gasteiger partial charge on any atom is 0.407 e. The zero-order valence-corrected chi connectivity index (χ0v) is 14.2. The highest BCUT2D eigenvalue weighted by molar-refractivity contribution is 7.98. The van der Waals surface area contributed by atoms with Crippen LogP contribution in [-0.4, -0.2) is 57.3 Å². The number of carbonyl (C=O) groups excluding carboxylic acids is 2. The van der Waals surface area contributed by atoms with Crippen LogP contribution in [0, 0.1) is 0 Å². The fraction of sp³-hybridized carbons (Fsp3) is 0.467. The van der Waals surface area contributed by atoms with Gasteiger partial charge >= 0.3 is 6.09 Å². The summed E-state index contributed by atoms with van der Waals surface area (Å²) in [6.45, 7) is 1.45. The van der Waals surface area contributed by atoms with Gasteiger partial charge < -0.3 is 19.4 Å². The van der Waals surface area contributed by atoms with E-state index in [1.165, 1.54) is 18.1 Å². The Morgan fingerprint density at radius 1 is 1.44 bits per heavy atom. The number of hydrogen-bond acceptors (Lipinski definition) is 7. The first-order valence-electron chi connectivity index (χ1n) is 7.97. The number of rotatable bonds is 4. The van der Waals surface area contributed by atoms with Gasteiger partial charge in [0.15, 0.2) is 10.9 Å². The summed E-state index contributed by atoms with van der Waals surface area (Å²) in [5, 5.41) is 9.90. The first kappa shape index (κ1) is 16.0. The zero-order chi connectivity index (χ0) is 17.3. The molecule has 2 aromatic rings. The predicted octanol–water partition coefficient (Wildman–Crippen LogP) is 1.40. The van der Waals surface area contributed by atoms with Gasteiger partial charge in [0.25, 0.3) is 5.91 Å². The summed E-state index contributed by atoms with van der Waals surface area (Å²) in [6.07, 6.45) is 2.57. The predicted molar refractivity (Wildman–Crippen MR) is 87.0 cm³/mol. The molecule has 1 atom stereocenters. The van der Waals surface area contributed by atoms with Gasteiger partial charge in [-0.1, -0.05) is 11.8 Å². The zero-order valence-electron chi connectivity index (χ0n) is 13.4. The average Bonchev–Trinajstić information content (AvgIpc) is 3.34. The van der Waals surface area contributed by atoms with E-state index in [-0.39, 0.29) is 5.91 Å². The van der Waals surface area contributed by atoms with Crippen LogP contribution in [0.2, 0.25) is 0 Å². The number of nitrogens with zero attached hydrogens (tertiary/aromatic N) is 3. The second-order valence-corrected chi connectivity index (χ2v) is 7.07. The number of alkyl carbamates (subject to hydrolysis) is 1. The Balaban J connectivity index is 1.40. The number of amides is 2. The molecule has 0 radical (unpaired) electrons. The van der Waals surface area contributed by atoms with E-state index in [2.05, 4.69) is 20.5 Å². The van der Waals surface area contributed by atoms with Gasteiger partial charge in [0.1, 0.15) is 17.7 Å². The number of furan rings is 1. The van der Waals surface area contributed by atoms with Gasteiger partial charge in [-0.3, -0.25) is 9.89 Å². The lowest BCUT2D eigenvalue weighted by Crippen LogP contribution is -2.52. The largest absolute Gasteiger partial charge is 0.455 e. The third kappa shape index (κ3) is 3.34. The minimum atomic E-state index is -0.609. The summed E-state index contributed by atoms with van der Waals surface area (Å²) < 4.78 is 11.1. The van der Waals surface area contributed by atoms with Crippen molar-refractivity contribution in [1.29, 1.82) is 0 Å². The van der Waals surface area contributed by atoms with Gasteiger partial charge in [-0.2, -0.15) is 5.10 Å². The average molecular weight is 363 g/mol. The number of H-pyrrole nitrogens is 1. The molecule has 2 fully saturated rings. The van der Waals surface area contributed by atoms with Crippen LogP contribution < -0.4 is 5.32 Å². The lowest BCUT2D eigenvalue weighted by molar-refractivity contribution is -0.00606. The standard InChI is InChI=1S/C15H17N5O4S/c21-12(20-5-1-4-15(8-20)7-16-14(22)24-15)11-3-2-10(23-11)6-25-13-17-9-18-19-13/h2-3,9H,1,4-8H2,(H,16,22)(H,17,18,19)/t15-/m1/s1. The third-order valence-corrected chi connectivity index (χ3v) is 5.21. The molecule has 0 unspecified atom stereocenters. The monoisotopic (exact) mass is 363 g/mol. The van der Waals surface area contributed by atoms with E-state index < -0.39 is 11.7 Å². The molecule has 2 aliphatic rings. The molecule has 0 bridgehead atoms. The Hall–Kier alpha value is -2.49. The number of piperidine rings is 1. The van der Waals surface area contributed by atoms with Crippen LogP contribution in [0.5, 0.6) is 0 Å². The lowest BCUT2D eigenvalue weighted by atomic mass is 9.93. The first-order valence-corrected chi connectivity index (χ1v) is 8.95. The quantitative estimate of drug-likeness (QED) is 0.789. The maximum absolute atomic E-state index is 12.7. The molecule has 0 aromatic carbocycles. The van der Waals surface area contributed by atoms with Crippen LogP contribution in [0.15, 0.2) is 28.0 Å². The van der Waals surface area contributed by atoms with E-state index in [4.69, 9.17) is 9.15 Å². The Morgan fingerprint density at radius 3 is 3.12 bits per heavy atom. The van der Waals surface area contributed by atoms with E-state index in [0.717, 1.165) is 12.8 Å². The van der Waals surface area contributed by atoms with Gasteiger partial charge in [0, 0.05) is 6.54 Å². The smallest absolute Gasteiger partial charge is 0.407 e. The van der Waals surface area contributed by atoms with Gasteiger partial charge in [0.2, 0.25) is 0 Å². The van der Waals surface area contributed by atoms with E-state index in [1.54, 1.807) is 17.0 Å². The molecule has 1 spiro atoms. The van der Waals surface area contributed by atoms with Crippen molar-refractivity contribution in [2.24, 2.45) is 0 Å². The summed E-state index contributed by atoms with van der Waals surface area (Å²) in [7, 11) is 0. The van der Waals surface area contributed by atoms with Gasteiger partial charge in [0.05, 0.1) is 18.8 Å². The van der Waals surface area contributed by atoms with Gasteiger partial charge in [-0.05, 0) is 25.0 Å². The van der Waals surface area contributed by atoms with Gasteiger partial charge in [-0.25, -0.2) is 9.78 Å². The van der Waals surface area contributed by atoms with Crippen molar-refractivity contribution in [1.82, 2.24) is 25.4 Å². The summed E-state index contributed by atoms with van der Waals surface area (Å²) in [5.41, 5.74) is -0.609. The summed E-state index contributed by atoms with van der Waals surface area (Å²) in [5.74, 6) is 1.35. The number of thioether (sulfide) groups is 1. The molecule has 2 aliphatic heterocycles. The summed E-state index contributed by atoms with van der Waals surface area (Å²) >= 11 is 1.44. The first-order chi connectivity index (χ1) is 12.1. The fourth-order valence-corrected chi connectivity index (χ4v) is 3.80. The second kappa shape index (κ2) is 6.43. The second-order valence-electron chi connectivity index (χ2n) is 6.10. The molecule has 2 aromatic heterocycles. The Labute approximate surface area is 147 Å². The van der Waals surface area contributed by atoms with Crippen LogP contribution in [0.4, 0.5) is 4.79 Å². The van der Waals surface area contributed by atoms with Crippen molar-refractivity contribution in [3.8, 4) is 0 Å². The molecule has 0 aliphatic carbocycles. The molecular weight excluding hydrogens is 346 g/mol. The number of aromatic amines is 1. The molecule has 2 saturated heterocycles. The minimum Gasteiger partial charge on any atom is -0.455 e. The fourth-order valence-electron chi connectivity index (χ4n) is 3.13. The highest BCUT2D eigenvalue weighted by Gasteiger charge is 2.45. The van der Waals surface area contributed by atoms with Crippen molar-refractivity contribution in [3.05, 3.63) is 30.0 Å². The number of likely N-dealkylation sites (tertiary alicyclic amines) is 1. The SMILES string of the molecule is O=C1NC[C@@]2(CCCN(C(=O)c3ccc(CSc4ncn[nH]4)o3)C2)O1. The van der Waals surface area contributed by atoms with Gasteiger partial charge in [-0.15, -0.1) is 0 Å². The molecular formula is C15H17N5O4S. The normalized spacial score (nSPS) is 22.9. The molecule has 2 amide bonds. The number of hydrogen-bond donors (Lipinski definition) is 2. The highest BCUT2D eigenvalue weighted by Crippen LogP contribution is 2.29. The maximum atomic E-state index is 12.7. The molecule has 10 heteroatoms. The minimum absolute atomic E-state index is 0.182. The topological polar surface area (TPSA) is 113 Å². The van der Waals surface area contributed by atoms with Crippen molar-refractivity contribution in [2.75, 3.05) is 19.6 Å². The Morgan fingerprint density at radius 2 is 2.36 bits per heavy atom. The van der Waals surface area contributed by atoms with Crippen LogP contribution in [-0.2, 0) is 10.5 Å². The van der Waals surface area contributed by atoms with Crippen LogP contribution >= 0.6 is 11.8 Å². The highest BCUT2D eigenvalue weighted by atomic mass is 32.2. The molecule has 4 heterocycles. The summed E-state index contributed by atoms with van der Waals surface area (Å²) in [4.78, 5) is 29.8. The number of aromatic nitrogens is 3. The number of nitrogens with one attached hydrogen (secondary N) is 2. The Bertz CT molecular complexity index is 777. The van der Waals surface area contributed by atoms with Crippen LogP contribution in [0.25, 0.3) is 0 Å². The Kier molecular flexibility index (Phi) is 4.12. The number of carbonyl (C=O) groups is 2. The van der Waals surface area contributed by atoms with Crippen LogP contribution in [0.1, 0.15) is 29.2 Å². The third-order valence-electron chi connectivity index (χ3n) is 4.31. The molecule has 0 saturated carbocycles. The van der Waals surface area contributed by atoms with Crippen LogP contribution in [0.3, 0.4) is 0 Å². The van der Waals surface area contributed by atoms with E-state index in [1.807, 2.05) is 0 Å².